The molecule has 0 aliphatic carbocycles. The Morgan fingerprint density at radius 1 is 0.769 bits per heavy atom. The number of hydrogen-bond acceptors (Lipinski definition) is 5. The Balaban J connectivity index is 2.22. The van der Waals surface area contributed by atoms with Crippen molar-refractivity contribution >= 4 is 22.5 Å². The van der Waals surface area contributed by atoms with Crippen molar-refractivity contribution in [2.45, 2.75) is 6.92 Å². The van der Waals surface area contributed by atoms with E-state index in [1.54, 1.807) is 48.5 Å². The molecule has 0 atom stereocenters. The van der Waals surface area contributed by atoms with E-state index in [4.69, 9.17) is 14.2 Å². The van der Waals surface area contributed by atoms with Crippen LogP contribution in [0.3, 0.4) is 0 Å². The van der Waals surface area contributed by atoms with Gasteiger partial charge in [0.05, 0.1) is 14.2 Å². The fourth-order valence-electron chi connectivity index (χ4n) is 2.78. The molecular weight excluding hydrogens is 332 g/mol. The second-order valence-electron chi connectivity index (χ2n) is 5.69. The molecule has 5 nitrogen and oxygen atoms in total. The molecule has 5 heteroatoms. The minimum absolute atomic E-state index is 0.157. The smallest absolute Gasteiger partial charge is 0.308 e. The van der Waals surface area contributed by atoms with Crippen LogP contribution in [0, 0.1) is 0 Å². The minimum atomic E-state index is -0.467. The van der Waals surface area contributed by atoms with Gasteiger partial charge in [-0.05, 0) is 29.7 Å². The molecule has 0 spiro atoms. The van der Waals surface area contributed by atoms with Gasteiger partial charge in [0.2, 0.25) is 0 Å². The minimum Gasteiger partial charge on any atom is -0.493 e. The molecule has 0 fully saturated rings. The van der Waals surface area contributed by atoms with Gasteiger partial charge in [0.25, 0.3) is 0 Å². The summed E-state index contributed by atoms with van der Waals surface area (Å²) in [5, 5.41) is 1.36. The maximum atomic E-state index is 12.8. The molecule has 3 aromatic carbocycles. The number of carbonyl (C=O) groups is 2. The lowest BCUT2D eigenvalue weighted by Crippen LogP contribution is -2.06. The van der Waals surface area contributed by atoms with Crippen LogP contribution in [0.1, 0.15) is 22.8 Å². The van der Waals surface area contributed by atoms with Gasteiger partial charge in [-0.3, -0.25) is 9.59 Å². The number of fused-ring (bicyclic) bond motifs is 1. The van der Waals surface area contributed by atoms with Crippen molar-refractivity contribution < 1.29 is 23.8 Å². The van der Waals surface area contributed by atoms with Crippen molar-refractivity contribution in [3.63, 3.8) is 0 Å². The first kappa shape index (κ1) is 17.5. The van der Waals surface area contributed by atoms with Gasteiger partial charge < -0.3 is 14.2 Å². The van der Waals surface area contributed by atoms with Crippen LogP contribution in [0.25, 0.3) is 10.8 Å². The first-order valence-electron chi connectivity index (χ1n) is 8.01. The fraction of sp³-hybridized carbons (Fsp3) is 0.143. The monoisotopic (exact) mass is 350 g/mol. The Bertz CT molecular complexity index is 977. The molecule has 0 heterocycles. The molecular formula is C21H18O5. The first-order valence-corrected chi connectivity index (χ1v) is 8.01. The number of methoxy groups -OCH3 is 2. The molecule has 3 rings (SSSR count). The van der Waals surface area contributed by atoms with Crippen molar-refractivity contribution in [1.82, 2.24) is 0 Å². The highest BCUT2D eigenvalue weighted by Gasteiger charge is 2.16. The summed E-state index contributed by atoms with van der Waals surface area (Å²) in [4.78, 5) is 24.3. The van der Waals surface area contributed by atoms with Crippen molar-refractivity contribution in [3.05, 3.63) is 65.7 Å². The van der Waals surface area contributed by atoms with E-state index in [1.165, 1.54) is 21.1 Å². The van der Waals surface area contributed by atoms with Crippen molar-refractivity contribution in [1.29, 1.82) is 0 Å². The molecule has 0 aliphatic rings. The zero-order chi connectivity index (χ0) is 18.7. The van der Waals surface area contributed by atoms with E-state index in [0.717, 1.165) is 0 Å². The van der Waals surface area contributed by atoms with Gasteiger partial charge in [-0.1, -0.05) is 30.3 Å². The van der Waals surface area contributed by atoms with Gasteiger partial charge in [-0.2, -0.15) is 0 Å². The second-order valence-corrected chi connectivity index (χ2v) is 5.69. The Kier molecular flexibility index (Phi) is 4.89. The molecule has 0 unspecified atom stereocenters. The predicted molar refractivity (Wildman–Crippen MR) is 98.2 cm³/mol. The molecule has 0 amide bonds. The number of ether oxygens (including phenoxy) is 3. The molecule has 0 aromatic heterocycles. The molecule has 3 aromatic rings. The number of esters is 1. The molecule has 0 N–H and O–H groups in total. The zero-order valence-electron chi connectivity index (χ0n) is 14.7. The summed E-state index contributed by atoms with van der Waals surface area (Å²) in [7, 11) is 3.07. The topological polar surface area (TPSA) is 61.8 Å². The summed E-state index contributed by atoms with van der Waals surface area (Å²) in [6.07, 6.45) is 0. The van der Waals surface area contributed by atoms with E-state index in [0.29, 0.717) is 39.1 Å². The van der Waals surface area contributed by atoms with E-state index in [-0.39, 0.29) is 5.78 Å². The van der Waals surface area contributed by atoms with E-state index in [9.17, 15) is 9.59 Å². The maximum Gasteiger partial charge on any atom is 0.308 e. The van der Waals surface area contributed by atoms with E-state index >= 15 is 0 Å². The number of carbonyl (C=O) groups excluding carboxylic acids is 2. The molecule has 0 aliphatic heterocycles. The van der Waals surface area contributed by atoms with Crippen LogP contribution < -0.4 is 14.2 Å². The van der Waals surface area contributed by atoms with Gasteiger partial charge in [0.15, 0.2) is 17.3 Å². The van der Waals surface area contributed by atoms with E-state index in [1.807, 2.05) is 6.07 Å². The highest BCUT2D eigenvalue weighted by Crippen LogP contribution is 2.37. The van der Waals surface area contributed by atoms with Crippen LogP contribution in [-0.2, 0) is 4.79 Å². The van der Waals surface area contributed by atoms with Gasteiger partial charge >= 0.3 is 5.97 Å². The van der Waals surface area contributed by atoms with Crippen molar-refractivity contribution in [3.8, 4) is 17.2 Å². The summed E-state index contributed by atoms with van der Waals surface area (Å²) in [5.74, 6) is 0.713. The standard InChI is InChI=1S/C21H18O5/c1-13(22)26-18-11-16(21(23)14-7-5-4-6-8-14)9-15-10-19(24-2)20(25-3)12-17(15)18/h4-12H,1-3H3. The van der Waals surface area contributed by atoms with E-state index < -0.39 is 5.97 Å². The number of ketones is 1. The lowest BCUT2D eigenvalue weighted by Gasteiger charge is -2.13. The number of hydrogen-bond donors (Lipinski definition) is 0. The van der Waals surface area contributed by atoms with Crippen molar-refractivity contribution in [2.75, 3.05) is 14.2 Å². The summed E-state index contributed by atoms with van der Waals surface area (Å²) >= 11 is 0. The number of rotatable bonds is 5. The second kappa shape index (κ2) is 7.27. The Labute approximate surface area is 151 Å². The summed E-state index contributed by atoms with van der Waals surface area (Å²) in [6, 6.07) is 15.7. The SMILES string of the molecule is COc1cc2cc(C(=O)c3ccccc3)cc(OC(C)=O)c2cc1OC. The Hall–Kier alpha value is -3.34. The predicted octanol–water partition coefficient (Wildman–Crippen LogP) is 4.01. The average molecular weight is 350 g/mol. The lowest BCUT2D eigenvalue weighted by atomic mass is 9.99. The van der Waals surface area contributed by atoms with Crippen LogP contribution in [0.2, 0.25) is 0 Å². The third-order valence-electron chi connectivity index (χ3n) is 3.97. The van der Waals surface area contributed by atoms with Gasteiger partial charge in [0, 0.05) is 23.4 Å². The molecule has 0 radical (unpaired) electrons. The average Bonchev–Trinajstić information content (AvgIpc) is 2.66. The van der Waals surface area contributed by atoms with E-state index in [2.05, 4.69) is 0 Å². The van der Waals surface area contributed by atoms with Crippen molar-refractivity contribution in [2.24, 2.45) is 0 Å². The normalized spacial score (nSPS) is 10.4. The van der Waals surface area contributed by atoms with Crippen LogP contribution in [0.5, 0.6) is 17.2 Å². The number of benzene rings is 3. The highest BCUT2D eigenvalue weighted by atomic mass is 16.5. The zero-order valence-corrected chi connectivity index (χ0v) is 14.7. The summed E-state index contributed by atoms with van der Waals surface area (Å²) < 4.78 is 16.0. The molecule has 0 saturated heterocycles. The Morgan fingerprint density at radius 3 is 2.04 bits per heavy atom. The third kappa shape index (κ3) is 3.37. The molecule has 132 valence electrons. The summed E-state index contributed by atoms with van der Waals surface area (Å²) in [5.41, 5.74) is 0.980. The largest absolute Gasteiger partial charge is 0.493 e. The van der Waals surface area contributed by atoms with Crippen LogP contribution in [-0.4, -0.2) is 26.0 Å². The van der Waals surface area contributed by atoms with Gasteiger partial charge in [-0.15, -0.1) is 0 Å². The van der Waals surface area contributed by atoms with Crippen LogP contribution >= 0.6 is 0 Å². The molecule has 0 saturated carbocycles. The highest BCUT2D eigenvalue weighted by molar-refractivity contribution is 6.11. The van der Waals surface area contributed by atoms with Gasteiger partial charge in [0.1, 0.15) is 5.75 Å². The maximum absolute atomic E-state index is 12.8. The van der Waals surface area contributed by atoms with Crippen LogP contribution in [0.4, 0.5) is 0 Å². The quantitative estimate of drug-likeness (QED) is 0.395. The van der Waals surface area contributed by atoms with Crippen LogP contribution in [0.15, 0.2) is 54.6 Å². The first-order chi connectivity index (χ1) is 12.5. The summed E-state index contributed by atoms with van der Waals surface area (Å²) in [6.45, 7) is 1.32. The molecule has 0 bridgehead atoms. The fourth-order valence-corrected chi connectivity index (χ4v) is 2.78. The molecule has 26 heavy (non-hydrogen) atoms. The Morgan fingerprint density at radius 2 is 1.42 bits per heavy atom. The lowest BCUT2D eigenvalue weighted by molar-refractivity contribution is -0.131. The third-order valence-corrected chi connectivity index (χ3v) is 3.97. The van der Waals surface area contributed by atoms with Gasteiger partial charge in [-0.25, -0.2) is 0 Å².